The Morgan fingerprint density at radius 3 is 1.14 bits per heavy atom. The Morgan fingerprint density at radius 2 is 1.14 bits per heavy atom. The van der Waals surface area contributed by atoms with Gasteiger partial charge in [-0.25, -0.2) is 0 Å². The van der Waals surface area contributed by atoms with Gasteiger partial charge >= 0.3 is 21.1 Å². The van der Waals surface area contributed by atoms with Crippen LogP contribution in [0.1, 0.15) is 48.5 Å². The van der Waals surface area contributed by atoms with E-state index in [1.165, 1.54) is 17.9 Å². The summed E-state index contributed by atoms with van der Waals surface area (Å²) < 4.78 is 0. The second-order valence-corrected chi connectivity index (χ2v) is 3.96. The van der Waals surface area contributed by atoms with Crippen LogP contribution in [-0.2, 0) is 42.1 Å². The third-order valence-electron chi connectivity index (χ3n) is 2.50. The minimum absolute atomic E-state index is 0. The van der Waals surface area contributed by atoms with Gasteiger partial charge in [0, 0.05) is 21.1 Å². The zero-order valence-electron chi connectivity index (χ0n) is 10.5. The van der Waals surface area contributed by atoms with Gasteiger partial charge in [-0.2, -0.15) is 27.7 Å². The molecule has 0 spiro atoms. The predicted molar refractivity (Wildman–Crippen MR) is 57.5 cm³/mol. The van der Waals surface area contributed by atoms with E-state index in [1.54, 1.807) is 6.92 Å². The monoisotopic (exact) mass is 535 g/mol. The molecular formula is C12H23W2-. The molecule has 0 saturated carbocycles. The molecule has 0 saturated heterocycles. The Hall–Kier alpha value is 1.12. The summed E-state index contributed by atoms with van der Waals surface area (Å²) in [6.45, 7) is 19.8. The van der Waals surface area contributed by atoms with Crippen LogP contribution < -0.4 is 0 Å². The molecule has 0 aromatic carbocycles. The third kappa shape index (κ3) is 11.2. The quantitative estimate of drug-likeness (QED) is 0.465. The molecule has 14 heavy (non-hydrogen) atoms. The van der Waals surface area contributed by atoms with Crippen molar-refractivity contribution in [3.05, 3.63) is 24.5 Å². The minimum atomic E-state index is 0. The summed E-state index contributed by atoms with van der Waals surface area (Å²) in [4.78, 5) is 0. The molecule has 0 atom stereocenters. The van der Waals surface area contributed by atoms with Crippen LogP contribution in [0.25, 0.3) is 0 Å². The second-order valence-electron chi connectivity index (χ2n) is 3.96. The Bertz CT molecular complexity index is 105. The summed E-state index contributed by atoms with van der Waals surface area (Å²) in [5, 5.41) is 0. The van der Waals surface area contributed by atoms with Crippen LogP contribution in [0, 0.1) is 23.8 Å². The van der Waals surface area contributed by atoms with Gasteiger partial charge in [0.05, 0.1) is 0 Å². The van der Waals surface area contributed by atoms with Crippen molar-refractivity contribution in [2.75, 3.05) is 0 Å². The minimum Gasteiger partial charge on any atom is -0.518 e. The molecule has 2 heteroatoms. The largest absolute Gasteiger partial charge is 2.00 e. The third-order valence-corrected chi connectivity index (χ3v) is 2.50. The zero-order valence-corrected chi connectivity index (χ0v) is 16.3. The average Bonchev–Trinajstić information content (AvgIpc) is 1.88. The predicted octanol–water partition coefficient (Wildman–Crippen LogP) is 4.23. The molecule has 0 unspecified atom stereocenters. The van der Waals surface area contributed by atoms with Crippen LogP contribution in [0.15, 0.2) is 6.08 Å². The molecule has 0 rings (SSSR count). The molecule has 0 N–H and O–H groups in total. The van der Waals surface area contributed by atoms with E-state index in [0.29, 0.717) is 5.41 Å². The van der Waals surface area contributed by atoms with E-state index in [4.69, 9.17) is 6.58 Å². The molecule has 0 aromatic heterocycles. The van der Waals surface area contributed by atoms with Gasteiger partial charge in [-0.3, -0.25) is 11.5 Å². The Kier molecular flexibility index (Phi) is 21.2. The molecule has 0 aliphatic rings. The van der Waals surface area contributed by atoms with Gasteiger partial charge in [0.25, 0.3) is 0 Å². The Balaban J connectivity index is -0.0000000891. The van der Waals surface area contributed by atoms with Gasteiger partial charge in [-0.05, 0) is 0 Å². The first-order valence-electron chi connectivity index (χ1n) is 4.41. The van der Waals surface area contributed by atoms with Crippen LogP contribution in [0.3, 0.4) is 0 Å². The van der Waals surface area contributed by atoms with Crippen molar-refractivity contribution in [1.82, 2.24) is 0 Å². The topological polar surface area (TPSA) is 0 Å². The first kappa shape index (κ1) is 24.4. The second kappa shape index (κ2) is 12.2. The molecule has 0 bridgehead atoms. The van der Waals surface area contributed by atoms with Gasteiger partial charge in [0.2, 0.25) is 0 Å². The van der Waals surface area contributed by atoms with E-state index in [-0.39, 0.29) is 42.1 Å². The Morgan fingerprint density at radius 1 is 1.00 bits per heavy atom. The van der Waals surface area contributed by atoms with E-state index >= 15 is 0 Å². The molecule has 0 heterocycles. The molecule has 0 aromatic rings. The van der Waals surface area contributed by atoms with Gasteiger partial charge < -0.3 is 18.4 Å². The fraction of sp³-hybridized carbons (Fsp3) is 0.667. The molecule has 0 aliphatic heterocycles. The van der Waals surface area contributed by atoms with Crippen LogP contribution in [0.2, 0.25) is 0 Å². The fourth-order valence-electron chi connectivity index (χ4n) is 0.500. The fourth-order valence-corrected chi connectivity index (χ4v) is 0.500. The van der Waals surface area contributed by atoms with E-state index in [9.17, 15) is 0 Å². The summed E-state index contributed by atoms with van der Waals surface area (Å²) >= 11 is 0. The van der Waals surface area contributed by atoms with Crippen molar-refractivity contribution in [2.24, 2.45) is 5.41 Å². The van der Waals surface area contributed by atoms with Crippen molar-refractivity contribution in [1.29, 1.82) is 0 Å². The van der Waals surface area contributed by atoms with E-state index < -0.39 is 0 Å². The summed E-state index contributed by atoms with van der Waals surface area (Å²) in [6.07, 6.45) is 1.50. The summed E-state index contributed by atoms with van der Waals surface area (Å²) in [6, 6.07) is 0. The van der Waals surface area contributed by atoms with Crippen molar-refractivity contribution >= 4 is 0 Å². The number of rotatable bonds is 2. The van der Waals surface area contributed by atoms with Gasteiger partial charge in [-0.1, -0.05) is 6.92 Å². The summed E-state index contributed by atoms with van der Waals surface area (Å²) in [5.41, 5.74) is 0.333. The molecule has 0 fully saturated rings. The zero-order chi connectivity index (χ0) is 10.4. The van der Waals surface area contributed by atoms with Crippen LogP contribution in [0.4, 0.5) is 0 Å². The first-order valence-corrected chi connectivity index (χ1v) is 4.41. The van der Waals surface area contributed by atoms with E-state index in [1.807, 2.05) is 0 Å². The van der Waals surface area contributed by atoms with Gasteiger partial charge in [-0.15, -0.1) is 13.8 Å². The van der Waals surface area contributed by atoms with Crippen molar-refractivity contribution < 1.29 is 42.1 Å². The van der Waals surface area contributed by atoms with Crippen molar-refractivity contribution in [3.63, 3.8) is 0 Å². The molecule has 0 nitrogen and oxygen atoms in total. The molecule has 0 amide bonds. The maximum absolute atomic E-state index is 4.72. The van der Waals surface area contributed by atoms with Gasteiger partial charge in [0.15, 0.2) is 0 Å². The van der Waals surface area contributed by atoms with Crippen molar-refractivity contribution in [3.8, 4) is 0 Å². The molecule has 0 aliphatic carbocycles. The molecular weight excluding hydrogens is 512 g/mol. The number of allylic oxidation sites excluding steroid dienone is 1. The average molecular weight is 535 g/mol. The van der Waals surface area contributed by atoms with Gasteiger partial charge in [0.1, 0.15) is 0 Å². The molecule has 0 radical (unpaired) electrons. The van der Waals surface area contributed by atoms with E-state index in [2.05, 4.69) is 41.5 Å². The van der Waals surface area contributed by atoms with Crippen LogP contribution >= 0.6 is 0 Å². The SMILES string of the molecule is C[C-](C)C(C)(C)[C-](C)C.[CH-]=CC.[W+2].[W]. The number of hydrogen-bond acceptors (Lipinski definition) is 0. The van der Waals surface area contributed by atoms with Crippen LogP contribution in [-0.4, -0.2) is 0 Å². The normalized spacial score (nSPS) is 9.50. The first-order chi connectivity index (χ1) is 5.30. The molecule has 84 valence electrons. The van der Waals surface area contributed by atoms with E-state index in [0.717, 1.165) is 0 Å². The standard InChI is InChI=1S/C9H18.C3H5.2W/c1-7(2)9(5,6)8(3)4;1-3-2;;/h1-6H3;1,3H,2H3;;/q-2;-1;;+2. The van der Waals surface area contributed by atoms with Crippen LogP contribution in [0.5, 0.6) is 0 Å². The summed E-state index contributed by atoms with van der Waals surface area (Å²) in [7, 11) is 0. The smallest absolute Gasteiger partial charge is 0.518 e. The maximum Gasteiger partial charge on any atom is 2.00 e. The van der Waals surface area contributed by atoms with Crippen molar-refractivity contribution in [2.45, 2.75) is 48.5 Å². The number of hydrogen-bond donors (Lipinski definition) is 0. The maximum atomic E-state index is 4.72. The Labute approximate surface area is 120 Å². The summed E-state index contributed by atoms with van der Waals surface area (Å²) in [5.74, 6) is 2.98.